The molecule has 1 fully saturated rings. The number of hydrogen-bond donors (Lipinski definition) is 3. The number of aliphatic hydroxyl groups is 1. The molecular weight excluding hydrogens is 194 g/mol. The van der Waals surface area contributed by atoms with Gasteiger partial charge >= 0.3 is 5.97 Å². The summed E-state index contributed by atoms with van der Waals surface area (Å²) in [6.45, 7) is 3.81. The van der Waals surface area contributed by atoms with Crippen LogP contribution in [0.15, 0.2) is 0 Å². The summed E-state index contributed by atoms with van der Waals surface area (Å²) in [6.07, 6.45) is 3.21. The fourth-order valence-corrected chi connectivity index (χ4v) is 2.17. The molecule has 15 heavy (non-hydrogen) atoms. The summed E-state index contributed by atoms with van der Waals surface area (Å²) >= 11 is 0. The summed E-state index contributed by atoms with van der Waals surface area (Å²) in [4.78, 5) is 10.8. The number of hydrogen-bond acceptors (Lipinski definition) is 3. The number of carboxylic acid groups (broad SMARTS) is 1. The van der Waals surface area contributed by atoms with Crippen LogP contribution in [0.4, 0.5) is 0 Å². The van der Waals surface area contributed by atoms with Crippen molar-refractivity contribution < 1.29 is 15.0 Å². The van der Waals surface area contributed by atoms with Crippen LogP contribution in [0.3, 0.4) is 0 Å². The Morgan fingerprint density at radius 1 is 1.47 bits per heavy atom. The quantitative estimate of drug-likeness (QED) is 0.636. The van der Waals surface area contributed by atoms with E-state index in [9.17, 15) is 4.79 Å². The summed E-state index contributed by atoms with van der Waals surface area (Å²) in [5.41, 5.74) is 0. The van der Waals surface area contributed by atoms with Crippen molar-refractivity contribution >= 4 is 5.97 Å². The van der Waals surface area contributed by atoms with Gasteiger partial charge in [0.05, 0.1) is 5.92 Å². The predicted octanol–water partition coefficient (Wildman–Crippen LogP) is 0.846. The summed E-state index contributed by atoms with van der Waals surface area (Å²) in [5.74, 6) is -0.855. The number of carboxylic acids is 1. The lowest BCUT2D eigenvalue weighted by Gasteiger charge is -2.26. The molecular formula is C11H21NO3. The average Bonchev–Trinajstić information content (AvgIpc) is 2.63. The Bertz CT molecular complexity index is 220. The fourth-order valence-electron chi connectivity index (χ4n) is 2.17. The van der Waals surface area contributed by atoms with Crippen molar-refractivity contribution in [3.05, 3.63) is 0 Å². The molecule has 0 heterocycles. The Kier molecular flexibility index (Phi) is 4.54. The van der Waals surface area contributed by atoms with Crippen molar-refractivity contribution in [3.8, 4) is 0 Å². The van der Waals surface area contributed by atoms with Gasteiger partial charge in [0.25, 0.3) is 0 Å². The number of aliphatic carboxylic acids is 1. The van der Waals surface area contributed by atoms with Gasteiger partial charge < -0.3 is 15.5 Å². The number of carbonyl (C=O) groups is 1. The Morgan fingerprint density at radius 3 is 2.67 bits per heavy atom. The molecule has 3 N–H and O–H groups in total. The maximum Gasteiger partial charge on any atom is 0.307 e. The van der Waals surface area contributed by atoms with Gasteiger partial charge in [-0.05, 0) is 25.7 Å². The van der Waals surface area contributed by atoms with Gasteiger partial charge in [-0.15, -0.1) is 0 Å². The Balaban J connectivity index is 2.43. The largest absolute Gasteiger partial charge is 0.481 e. The van der Waals surface area contributed by atoms with E-state index in [1.165, 1.54) is 0 Å². The molecule has 1 rings (SSSR count). The molecule has 1 saturated carbocycles. The zero-order chi connectivity index (χ0) is 11.4. The van der Waals surface area contributed by atoms with E-state index in [0.717, 1.165) is 19.3 Å². The third kappa shape index (κ3) is 3.18. The zero-order valence-electron chi connectivity index (χ0n) is 9.44. The minimum absolute atomic E-state index is 0.0420. The molecule has 4 atom stereocenters. The van der Waals surface area contributed by atoms with E-state index in [4.69, 9.17) is 10.2 Å². The molecule has 4 unspecified atom stereocenters. The van der Waals surface area contributed by atoms with Gasteiger partial charge in [0.15, 0.2) is 0 Å². The van der Waals surface area contributed by atoms with Crippen LogP contribution < -0.4 is 5.32 Å². The Hall–Kier alpha value is -0.610. The van der Waals surface area contributed by atoms with Crippen molar-refractivity contribution in [1.82, 2.24) is 5.32 Å². The van der Waals surface area contributed by atoms with E-state index in [1.54, 1.807) is 6.92 Å². The second-order valence-electron chi connectivity index (χ2n) is 4.56. The lowest BCUT2D eigenvalue weighted by atomic mass is 9.99. The summed E-state index contributed by atoms with van der Waals surface area (Å²) in [7, 11) is 0. The lowest BCUT2D eigenvalue weighted by Crippen LogP contribution is -2.44. The molecule has 0 aromatic heterocycles. The highest BCUT2D eigenvalue weighted by Crippen LogP contribution is 2.26. The minimum Gasteiger partial charge on any atom is -0.481 e. The van der Waals surface area contributed by atoms with Gasteiger partial charge in [-0.1, -0.05) is 13.3 Å². The van der Waals surface area contributed by atoms with Crippen LogP contribution in [-0.4, -0.2) is 34.9 Å². The van der Waals surface area contributed by atoms with Crippen LogP contribution in [0.1, 0.15) is 33.1 Å². The van der Waals surface area contributed by atoms with Crippen LogP contribution in [0.25, 0.3) is 0 Å². The molecule has 0 spiro atoms. The first-order valence-corrected chi connectivity index (χ1v) is 5.66. The molecule has 0 radical (unpaired) electrons. The molecule has 1 aliphatic rings. The van der Waals surface area contributed by atoms with Crippen LogP contribution in [0, 0.1) is 11.8 Å². The van der Waals surface area contributed by atoms with Crippen molar-refractivity contribution in [2.24, 2.45) is 11.8 Å². The monoisotopic (exact) mass is 215 g/mol. The lowest BCUT2D eigenvalue weighted by molar-refractivity contribution is -0.142. The molecule has 0 aromatic rings. The van der Waals surface area contributed by atoms with Crippen LogP contribution in [-0.2, 0) is 4.79 Å². The first-order valence-electron chi connectivity index (χ1n) is 5.66. The molecule has 0 bridgehead atoms. The van der Waals surface area contributed by atoms with Gasteiger partial charge in [-0.2, -0.15) is 0 Å². The average molecular weight is 215 g/mol. The van der Waals surface area contributed by atoms with Crippen molar-refractivity contribution in [1.29, 1.82) is 0 Å². The van der Waals surface area contributed by atoms with E-state index in [0.29, 0.717) is 5.92 Å². The molecule has 4 nitrogen and oxygen atoms in total. The number of aliphatic hydroxyl groups excluding tert-OH is 1. The normalized spacial score (nSPS) is 30.1. The van der Waals surface area contributed by atoms with Crippen molar-refractivity contribution in [3.63, 3.8) is 0 Å². The molecule has 0 aliphatic heterocycles. The molecule has 4 heteroatoms. The van der Waals surface area contributed by atoms with Gasteiger partial charge in [0.1, 0.15) is 0 Å². The van der Waals surface area contributed by atoms with Crippen LogP contribution >= 0.6 is 0 Å². The van der Waals surface area contributed by atoms with Crippen LogP contribution in [0.2, 0.25) is 0 Å². The SMILES string of the molecule is CC(NC1CCCC1CO)C(C)C(=O)O. The van der Waals surface area contributed by atoms with E-state index in [2.05, 4.69) is 5.32 Å². The van der Waals surface area contributed by atoms with Gasteiger partial charge in [0.2, 0.25) is 0 Å². The predicted molar refractivity (Wildman–Crippen MR) is 57.6 cm³/mol. The minimum atomic E-state index is -0.770. The Morgan fingerprint density at radius 2 is 2.13 bits per heavy atom. The zero-order valence-corrected chi connectivity index (χ0v) is 9.44. The molecule has 1 aliphatic carbocycles. The van der Waals surface area contributed by atoms with Crippen LogP contribution in [0.5, 0.6) is 0 Å². The smallest absolute Gasteiger partial charge is 0.307 e. The van der Waals surface area contributed by atoms with E-state index in [-0.39, 0.29) is 24.6 Å². The maximum atomic E-state index is 10.8. The third-order valence-corrected chi connectivity index (χ3v) is 3.51. The van der Waals surface area contributed by atoms with Gasteiger partial charge in [-0.3, -0.25) is 4.79 Å². The standard InChI is InChI=1S/C11H21NO3/c1-7(11(14)15)8(2)12-10-5-3-4-9(10)6-13/h7-10,12-13H,3-6H2,1-2H3,(H,14,15). The Labute approximate surface area is 90.7 Å². The van der Waals surface area contributed by atoms with E-state index >= 15 is 0 Å². The molecule has 88 valence electrons. The van der Waals surface area contributed by atoms with Gasteiger partial charge in [0, 0.05) is 18.7 Å². The summed E-state index contributed by atoms with van der Waals surface area (Å²) in [6, 6.07) is 0.242. The highest BCUT2D eigenvalue weighted by atomic mass is 16.4. The van der Waals surface area contributed by atoms with Gasteiger partial charge in [-0.25, -0.2) is 0 Å². The molecule has 0 amide bonds. The van der Waals surface area contributed by atoms with E-state index < -0.39 is 5.97 Å². The number of nitrogens with one attached hydrogen (secondary N) is 1. The fraction of sp³-hybridized carbons (Fsp3) is 0.909. The highest BCUT2D eigenvalue weighted by molar-refractivity contribution is 5.70. The highest BCUT2D eigenvalue weighted by Gasteiger charge is 2.29. The maximum absolute atomic E-state index is 10.8. The second kappa shape index (κ2) is 5.47. The first kappa shape index (κ1) is 12.5. The van der Waals surface area contributed by atoms with E-state index in [1.807, 2.05) is 6.92 Å². The van der Waals surface area contributed by atoms with Crippen molar-refractivity contribution in [2.75, 3.05) is 6.61 Å². The number of rotatable bonds is 5. The summed E-state index contributed by atoms with van der Waals surface area (Å²) < 4.78 is 0. The van der Waals surface area contributed by atoms with Crippen molar-refractivity contribution in [2.45, 2.75) is 45.2 Å². The topological polar surface area (TPSA) is 69.6 Å². The summed E-state index contributed by atoms with van der Waals surface area (Å²) in [5, 5.41) is 21.3. The first-order chi connectivity index (χ1) is 7.06. The molecule has 0 saturated heterocycles. The molecule has 0 aromatic carbocycles. The third-order valence-electron chi connectivity index (χ3n) is 3.51. The second-order valence-corrected chi connectivity index (χ2v) is 4.56.